The van der Waals surface area contributed by atoms with E-state index in [1.807, 2.05) is 39.5 Å². The number of ether oxygens (including phenoxy) is 2. The molecule has 0 N–H and O–H groups in total. The number of amides is 1. The van der Waals surface area contributed by atoms with Crippen LogP contribution in [0.5, 0.6) is 5.75 Å². The van der Waals surface area contributed by atoms with Gasteiger partial charge in [0.15, 0.2) is 5.75 Å². The fourth-order valence-corrected chi connectivity index (χ4v) is 6.98. The average Bonchev–Trinajstić information content (AvgIpc) is 2.97. The molecule has 0 bridgehead atoms. The van der Waals surface area contributed by atoms with Crippen molar-refractivity contribution in [1.29, 1.82) is 0 Å². The van der Waals surface area contributed by atoms with E-state index in [0.29, 0.717) is 36.4 Å². The molecule has 3 aliphatic rings. The number of aromatic nitrogens is 2. The molecule has 46 heavy (non-hydrogen) atoms. The van der Waals surface area contributed by atoms with Crippen molar-refractivity contribution >= 4 is 34.4 Å². The fourth-order valence-electron chi connectivity index (χ4n) is 6.68. The minimum atomic E-state index is -0.787. The normalized spacial score (nSPS) is 22.7. The van der Waals surface area contributed by atoms with Gasteiger partial charge in [0.05, 0.1) is 16.6 Å². The Morgan fingerprint density at radius 2 is 1.80 bits per heavy atom. The van der Waals surface area contributed by atoms with Crippen LogP contribution in [0.25, 0.3) is 22.0 Å². The Morgan fingerprint density at radius 1 is 1.09 bits per heavy atom. The molecular formula is C33H41ClF2N6O4. The van der Waals surface area contributed by atoms with Gasteiger partial charge in [0, 0.05) is 80.5 Å². The Bertz CT molecular complexity index is 1720. The zero-order chi connectivity index (χ0) is 33.1. The molecule has 3 aromatic rings. The van der Waals surface area contributed by atoms with Crippen LogP contribution in [0.3, 0.4) is 0 Å². The van der Waals surface area contributed by atoms with Gasteiger partial charge < -0.3 is 24.2 Å². The molecule has 248 valence electrons. The Kier molecular flexibility index (Phi) is 8.66. The number of halogens is 3. The third-order valence-electron chi connectivity index (χ3n) is 9.03. The molecule has 0 saturated carbocycles. The lowest BCUT2D eigenvalue weighted by Crippen LogP contribution is -2.59. The molecule has 0 spiro atoms. The predicted molar refractivity (Wildman–Crippen MR) is 174 cm³/mol. The molecular weight excluding hydrogens is 618 g/mol. The van der Waals surface area contributed by atoms with Crippen molar-refractivity contribution in [3.63, 3.8) is 0 Å². The highest BCUT2D eigenvalue weighted by molar-refractivity contribution is 6.35. The molecule has 3 aliphatic heterocycles. The summed E-state index contributed by atoms with van der Waals surface area (Å²) in [6.07, 6.45) is -0.398. The van der Waals surface area contributed by atoms with Gasteiger partial charge in [0.2, 0.25) is 0 Å². The maximum Gasteiger partial charge on any atom is 0.410 e. The largest absolute Gasteiger partial charge is 0.488 e. The van der Waals surface area contributed by atoms with Gasteiger partial charge in [-0.05, 0) is 59.9 Å². The molecule has 0 radical (unpaired) electrons. The van der Waals surface area contributed by atoms with Gasteiger partial charge in [0.1, 0.15) is 29.7 Å². The smallest absolute Gasteiger partial charge is 0.410 e. The summed E-state index contributed by atoms with van der Waals surface area (Å²) in [5.74, 6) is -0.824. The second-order valence-electron chi connectivity index (χ2n) is 13.7. The van der Waals surface area contributed by atoms with Gasteiger partial charge in [-0.25, -0.2) is 18.4 Å². The lowest BCUT2D eigenvalue weighted by Gasteiger charge is -2.45. The Hall–Kier alpha value is -3.48. The maximum absolute atomic E-state index is 15.2. The first-order valence-electron chi connectivity index (χ1n) is 15.8. The van der Waals surface area contributed by atoms with Crippen LogP contribution in [0.1, 0.15) is 40.7 Å². The Morgan fingerprint density at radius 3 is 2.48 bits per heavy atom. The van der Waals surface area contributed by atoms with Gasteiger partial charge >= 0.3 is 11.8 Å². The number of nitrogens with zero attached hydrogens (tertiary/aromatic N) is 6. The highest BCUT2D eigenvalue weighted by atomic mass is 35.5. The Labute approximate surface area is 272 Å². The van der Waals surface area contributed by atoms with Crippen molar-refractivity contribution in [2.75, 3.05) is 64.4 Å². The summed E-state index contributed by atoms with van der Waals surface area (Å²) in [4.78, 5) is 40.0. The summed E-state index contributed by atoms with van der Waals surface area (Å²) in [6, 6.07) is 4.18. The van der Waals surface area contributed by atoms with Gasteiger partial charge in [-0.15, -0.1) is 0 Å². The van der Waals surface area contributed by atoms with Crippen LogP contribution in [0.15, 0.2) is 29.1 Å². The van der Waals surface area contributed by atoms with Crippen LogP contribution in [0.4, 0.5) is 19.4 Å². The van der Waals surface area contributed by atoms with Crippen LogP contribution >= 0.6 is 11.6 Å². The molecule has 13 heteroatoms. The molecule has 3 atom stereocenters. The predicted octanol–water partition coefficient (Wildman–Crippen LogP) is 5.01. The number of likely N-dealkylation sites (N-methyl/N-ethyl adjacent to an activating group) is 1. The summed E-state index contributed by atoms with van der Waals surface area (Å²) < 4.78 is 42.8. The van der Waals surface area contributed by atoms with Gasteiger partial charge in [0.25, 0.3) is 0 Å². The van der Waals surface area contributed by atoms with Crippen LogP contribution in [-0.2, 0) is 4.74 Å². The number of rotatable bonds is 4. The lowest BCUT2D eigenvalue weighted by molar-refractivity contribution is 0.0130. The third-order valence-corrected chi connectivity index (χ3v) is 9.33. The summed E-state index contributed by atoms with van der Waals surface area (Å²) in [7, 11) is 2.09. The van der Waals surface area contributed by atoms with E-state index in [4.69, 9.17) is 21.1 Å². The Balaban J connectivity index is 1.47. The minimum Gasteiger partial charge on any atom is -0.488 e. The number of hydrogen-bond donors (Lipinski definition) is 0. The number of hydrogen-bond acceptors (Lipinski definition) is 8. The quantitative estimate of drug-likeness (QED) is 0.387. The standard InChI is InChI=1S/C33H41ClF2N6O4/c1-19-16-41(32(44)46-33(3,4)5)20(2)15-40(19)30-24-14-25(34)27(23-8-7-21(35)13-26(23)36)29-28(24)42(31(43)37-30)22(18-45-29)17-39-11-9-38(6)10-12-39/h7-8,13-14,19-20,22H,9-12,15-18H2,1-6H3/t19-,20+,22+/m0/s1. The molecule has 2 saturated heterocycles. The average molecular weight is 659 g/mol. The summed E-state index contributed by atoms with van der Waals surface area (Å²) in [5.41, 5.74) is -0.286. The van der Waals surface area contributed by atoms with Crippen LogP contribution in [-0.4, -0.2) is 107 Å². The molecule has 0 aliphatic carbocycles. The van der Waals surface area contributed by atoms with E-state index in [0.717, 1.165) is 32.2 Å². The van der Waals surface area contributed by atoms with E-state index >= 15 is 4.39 Å². The monoisotopic (exact) mass is 658 g/mol. The van der Waals surface area contributed by atoms with Crippen LogP contribution < -0.4 is 15.3 Å². The third kappa shape index (κ3) is 6.14. The van der Waals surface area contributed by atoms with Crippen molar-refractivity contribution < 1.29 is 23.0 Å². The van der Waals surface area contributed by atoms with E-state index in [2.05, 4.69) is 21.8 Å². The van der Waals surface area contributed by atoms with Crippen molar-refractivity contribution in [3.8, 4) is 16.9 Å². The first-order valence-corrected chi connectivity index (χ1v) is 16.1. The second-order valence-corrected chi connectivity index (χ2v) is 14.1. The number of benzene rings is 2. The topological polar surface area (TPSA) is 83.4 Å². The number of piperazine rings is 2. The molecule has 6 rings (SSSR count). The van der Waals surface area contributed by atoms with Gasteiger partial charge in [-0.2, -0.15) is 4.98 Å². The lowest BCUT2D eigenvalue weighted by atomic mass is 9.99. The number of carbonyl (C=O) groups excluding carboxylic acids is 1. The van der Waals surface area contributed by atoms with Crippen molar-refractivity contribution in [2.24, 2.45) is 0 Å². The summed E-state index contributed by atoms with van der Waals surface area (Å²) in [6.45, 7) is 14.4. The first-order chi connectivity index (χ1) is 21.7. The molecule has 10 nitrogen and oxygen atoms in total. The van der Waals surface area contributed by atoms with Crippen LogP contribution in [0.2, 0.25) is 5.02 Å². The maximum atomic E-state index is 15.2. The van der Waals surface area contributed by atoms with Crippen molar-refractivity contribution in [2.45, 2.75) is 58.3 Å². The fraction of sp³-hybridized carbons (Fsp3) is 0.545. The van der Waals surface area contributed by atoms with Gasteiger partial charge in [-0.3, -0.25) is 9.47 Å². The second kappa shape index (κ2) is 12.3. The SMILES string of the molecule is C[C@@H]1CN(c2nc(=O)n3c4c(c(-c5ccc(F)cc5F)c(Cl)cc24)OC[C@H]3CN2CCN(C)CC2)[C@@H](C)CN1C(=O)OC(C)(C)C. The summed E-state index contributed by atoms with van der Waals surface area (Å²) in [5, 5.41) is 0.769. The van der Waals surface area contributed by atoms with Gasteiger partial charge in [-0.1, -0.05) is 11.6 Å². The van der Waals surface area contributed by atoms with E-state index in [1.165, 1.54) is 12.1 Å². The van der Waals surface area contributed by atoms with Crippen molar-refractivity contribution in [3.05, 3.63) is 51.4 Å². The van der Waals surface area contributed by atoms with E-state index < -0.39 is 29.0 Å². The minimum absolute atomic E-state index is 0.0751. The molecule has 2 fully saturated rings. The van der Waals surface area contributed by atoms with E-state index in [9.17, 15) is 14.0 Å². The first kappa shape index (κ1) is 32.5. The van der Waals surface area contributed by atoms with E-state index in [-0.39, 0.29) is 46.6 Å². The van der Waals surface area contributed by atoms with Crippen LogP contribution in [0, 0.1) is 11.6 Å². The van der Waals surface area contributed by atoms with Crippen molar-refractivity contribution in [1.82, 2.24) is 24.3 Å². The highest BCUT2D eigenvalue weighted by Gasteiger charge is 2.38. The molecule has 1 amide bonds. The molecule has 2 aromatic carbocycles. The highest BCUT2D eigenvalue weighted by Crippen LogP contribution is 2.47. The number of anilines is 1. The van der Waals surface area contributed by atoms with E-state index in [1.54, 1.807) is 15.5 Å². The molecule has 1 aromatic heterocycles. The zero-order valence-corrected chi connectivity index (χ0v) is 27.9. The molecule has 4 heterocycles. The molecule has 0 unspecified atom stereocenters. The summed E-state index contributed by atoms with van der Waals surface area (Å²) >= 11 is 6.90. The zero-order valence-electron chi connectivity index (χ0n) is 27.1. The number of carbonyl (C=O) groups is 1.